The summed E-state index contributed by atoms with van der Waals surface area (Å²) in [6.07, 6.45) is 0. The molecule has 2 nitrogen and oxygen atoms in total. The molecule has 5 rings (SSSR count). The number of fused-ring (bicyclic) bond motifs is 3. The van der Waals surface area contributed by atoms with Crippen LogP contribution in [0.15, 0.2) is 66.7 Å². The van der Waals surface area contributed by atoms with Crippen molar-refractivity contribution in [1.29, 1.82) is 0 Å². The van der Waals surface area contributed by atoms with E-state index in [-0.39, 0.29) is 10.4 Å². The molecule has 3 aromatic carbocycles. The molecule has 1 saturated heterocycles. The molecule has 3 heteroatoms. The summed E-state index contributed by atoms with van der Waals surface area (Å²) in [6, 6.07) is 23.2. The first-order chi connectivity index (χ1) is 11.1. The minimum Gasteiger partial charge on any atom is -0.483 e. The van der Waals surface area contributed by atoms with Crippen molar-refractivity contribution in [3.8, 4) is 11.5 Å². The van der Waals surface area contributed by atoms with Gasteiger partial charge in [0.05, 0.1) is 0 Å². The molecule has 2 aliphatic rings. The monoisotopic (exact) mass is 317 g/mol. The van der Waals surface area contributed by atoms with Crippen molar-refractivity contribution in [2.45, 2.75) is 24.3 Å². The first-order valence-electron chi connectivity index (χ1n) is 7.96. The summed E-state index contributed by atoms with van der Waals surface area (Å²) in [4.78, 5) is 0. The number of ether oxygens (including phenoxy) is 2. The lowest BCUT2D eigenvalue weighted by atomic mass is 10.1. The largest absolute Gasteiger partial charge is 0.483 e. The van der Waals surface area contributed by atoms with E-state index < -0.39 is 8.80 Å². The highest BCUT2D eigenvalue weighted by Crippen LogP contribution is 2.57. The van der Waals surface area contributed by atoms with Gasteiger partial charge in [-0.25, -0.2) is 0 Å². The smallest absolute Gasteiger partial charge is 0.203 e. The van der Waals surface area contributed by atoms with Crippen LogP contribution in [0.5, 0.6) is 11.5 Å². The van der Waals surface area contributed by atoms with Gasteiger partial charge in [0, 0.05) is 0 Å². The average Bonchev–Trinajstić information content (AvgIpc) is 3.05. The van der Waals surface area contributed by atoms with Crippen molar-refractivity contribution in [3.63, 3.8) is 0 Å². The van der Waals surface area contributed by atoms with E-state index in [1.165, 1.54) is 16.0 Å². The van der Waals surface area contributed by atoms with Crippen molar-refractivity contribution in [2.75, 3.05) is 0 Å². The molecule has 3 aromatic rings. The second kappa shape index (κ2) is 4.18. The lowest BCUT2D eigenvalue weighted by molar-refractivity contribution is 0.0433. The van der Waals surface area contributed by atoms with Crippen LogP contribution in [0.1, 0.15) is 13.8 Å². The number of rotatable bonds is 1. The lowest BCUT2D eigenvalue weighted by Gasteiger charge is -2.29. The van der Waals surface area contributed by atoms with E-state index >= 15 is 0 Å². The van der Waals surface area contributed by atoms with Crippen LogP contribution in [-0.4, -0.2) is 19.2 Å². The summed E-state index contributed by atoms with van der Waals surface area (Å²) < 4.78 is 13.0. The van der Waals surface area contributed by atoms with Crippen LogP contribution in [0.4, 0.5) is 0 Å². The summed E-state index contributed by atoms with van der Waals surface area (Å²) >= 11 is 0. The normalized spacial score (nSPS) is 28.4. The molecular weight excluding hydrogens is 300 g/mol. The molecule has 0 N–H and O–H groups in total. The van der Waals surface area contributed by atoms with Gasteiger partial charge in [0.1, 0.15) is 10.4 Å². The minimum atomic E-state index is -0.945. The van der Waals surface area contributed by atoms with E-state index in [4.69, 9.17) is 9.47 Å². The van der Waals surface area contributed by atoms with Gasteiger partial charge in [0.25, 0.3) is 0 Å². The van der Waals surface area contributed by atoms with Gasteiger partial charge in [-0.05, 0) is 36.8 Å². The van der Waals surface area contributed by atoms with Crippen molar-refractivity contribution in [3.05, 3.63) is 66.7 Å². The van der Waals surface area contributed by atoms with Crippen LogP contribution in [0.3, 0.4) is 0 Å². The SMILES string of the molecule is CC12Oc3cc4ccccc4cc3O[C@]1(C)[Si]2c1ccccc1. The molecule has 1 fully saturated rings. The standard InChI is InChI=1S/C20H17O2Si/c1-19-20(2,23(19)16-10-4-3-5-11-16)22-18-13-15-9-7-6-8-14(15)12-17(18)21-19/h3-13H,1-2H3/t19-,20?/m1/s1. The lowest BCUT2D eigenvalue weighted by Crippen LogP contribution is -2.34. The van der Waals surface area contributed by atoms with Crippen LogP contribution < -0.4 is 14.7 Å². The van der Waals surface area contributed by atoms with Gasteiger partial charge in [-0.15, -0.1) is 0 Å². The summed E-state index contributed by atoms with van der Waals surface area (Å²) in [5, 5.41) is 3.33. The Hall–Kier alpha value is -2.26. The molecule has 113 valence electrons. The van der Waals surface area contributed by atoms with Gasteiger partial charge in [0.2, 0.25) is 8.80 Å². The molecule has 2 aliphatic heterocycles. The molecule has 23 heavy (non-hydrogen) atoms. The molecule has 1 radical (unpaired) electrons. The Labute approximate surface area is 137 Å². The first-order valence-corrected chi connectivity index (χ1v) is 9.46. The molecule has 1 unspecified atom stereocenters. The van der Waals surface area contributed by atoms with Crippen molar-refractivity contribution in [2.24, 2.45) is 0 Å². The van der Waals surface area contributed by atoms with Crippen molar-refractivity contribution < 1.29 is 9.47 Å². The minimum absolute atomic E-state index is 0.214. The molecule has 0 spiro atoms. The van der Waals surface area contributed by atoms with E-state index in [0.29, 0.717) is 0 Å². The Bertz CT molecular complexity index is 867. The maximum atomic E-state index is 6.49. The predicted octanol–water partition coefficient (Wildman–Crippen LogP) is 3.62. The highest BCUT2D eigenvalue weighted by Gasteiger charge is 2.80. The van der Waals surface area contributed by atoms with Gasteiger partial charge in [-0.1, -0.05) is 59.8 Å². The van der Waals surface area contributed by atoms with E-state index in [9.17, 15) is 0 Å². The van der Waals surface area contributed by atoms with E-state index in [0.717, 1.165) is 11.5 Å². The third-order valence-electron chi connectivity index (χ3n) is 5.30. The first kappa shape index (κ1) is 13.2. The van der Waals surface area contributed by atoms with Crippen LogP contribution >= 0.6 is 0 Å². The Kier molecular flexibility index (Phi) is 2.40. The van der Waals surface area contributed by atoms with Gasteiger partial charge in [0.15, 0.2) is 11.5 Å². The summed E-state index contributed by atoms with van der Waals surface area (Å²) in [5.74, 6) is 1.75. The topological polar surface area (TPSA) is 18.5 Å². The van der Waals surface area contributed by atoms with Gasteiger partial charge < -0.3 is 9.47 Å². The molecule has 2 heterocycles. The zero-order valence-electron chi connectivity index (χ0n) is 13.2. The molecule has 0 saturated carbocycles. The molecule has 0 aliphatic carbocycles. The van der Waals surface area contributed by atoms with Crippen LogP contribution in [0, 0.1) is 0 Å². The second-order valence-corrected chi connectivity index (χ2v) is 9.89. The van der Waals surface area contributed by atoms with E-state index in [1.807, 2.05) is 0 Å². The second-order valence-electron chi connectivity index (χ2n) is 6.66. The van der Waals surface area contributed by atoms with Crippen LogP contribution in [0.25, 0.3) is 10.8 Å². The van der Waals surface area contributed by atoms with Crippen LogP contribution in [0.2, 0.25) is 0 Å². The summed E-state index contributed by atoms with van der Waals surface area (Å²) in [6.45, 7) is 4.40. The van der Waals surface area contributed by atoms with Crippen LogP contribution in [-0.2, 0) is 0 Å². The fraction of sp³-hybridized carbons (Fsp3) is 0.200. The fourth-order valence-electron chi connectivity index (χ4n) is 3.88. The Balaban J connectivity index is 1.62. The van der Waals surface area contributed by atoms with Gasteiger partial charge in [-0.2, -0.15) is 0 Å². The zero-order chi connectivity index (χ0) is 15.7. The van der Waals surface area contributed by atoms with Crippen molar-refractivity contribution >= 4 is 24.8 Å². The fourth-order valence-corrected chi connectivity index (χ4v) is 7.49. The number of benzene rings is 3. The molecule has 0 bridgehead atoms. The summed E-state index contributed by atoms with van der Waals surface area (Å²) in [5.41, 5.74) is 0. The van der Waals surface area contributed by atoms with Gasteiger partial charge >= 0.3 is 0 Å². The molecular formula is C20H17O2Si. The highest BCUT2D eigenvalue weighted by atomic mass is 28.3. The highest BCUT2D eigenvalue weighted by molar-refractivity contribution is 6.89. The molecule has 2 atom stereocenters. The summed E-state index contributed by atoms with van der Waals surface area (Å²) in [7, 11) is -0.945. The number of hydrogen-bond donors (Lipinski definition) is 0. The van der Waals surface area contributed by atoms with Gasteiger partial charge in [-0.3, -0.25) is 0 Å². The average molecular weight is 317 g/mol. The maximum Gasteiger partial charge on any atom is 0.203 e. The number of hydrogen-bond acceptors (Lipinski definition) is 2. The maximum absolute atomic E-state index is 6.49. The molecule has 0 amide bonds. The van der Waals surface area contributed by atoms with E-state index in [1.54, 1.807) is 0 Å². The molecule has 0 aromatic heterocycles. The van der Waals surface area contributed by atoms with E-state index in [2.05, 4.69) is 80.6 Å². The Morgan fingerprint density at radius 2 is 1.17 bits per heavy atom. The predicted molar refractivity (Wildman–Crippen MR) is 93.8 cm³/mol. The van der Waals surface area contributed by atoms with Crippen molar-refractivity contribution in [1.82, 2.24) is 0 Å². The third-order valence-corrected chi connectivity index (χ3v) is 9.03. The third kappa shape index (κ3) is 1.63. The Morgan fingerprint density at radius 3 is 1.70 bits per heavy atom. The Morgan fingerprint density at radius 1 is 0.696 bits per heavy atom. The zero-order valence-corrected chi connectivity index (χ0v) is 14.2. The quantitative estimate of drug-likeness (QED) is 0.638.